The van der Waals surface area contributed by atoms with Gasteiger partial charge in [-0.2, -0.15) is 10.1 Å². The van der Waals surface area contributed by atoms with Crippen molar-refractivity contribution >= 4 is 42.3 Å². The van der Waals surface area contributed by atoms with Gasteiger partial charge >= 0.3 is 13.7 Å². The SMILES string of the molecule is CC(C)OC(=O)C(C)NP(=O)(OC[C@H](O)O[C@@H](n1cc(F)c2c(=O)[nH]c(N)nc21)C(C)(N)C#CCl)Oc1ccccc1. The smallest absolute Gasteiger partial charge is 0.459 e. The largest absolute Gasteiger partial charge is 0.462 e. The molecular weight excluding hydrogens is 598 g/mol. The highest BCUT2D eigenvalue weighted by molar-refractivity contribution is 7.52. The molecule has 42 heavy (non-hydrogen) atoms. The second kappa shape index (κ2) is 13.7. The number of aliphatic hydroxyl groups is 1. The van der Waals surface area contributed by atoms with Crippen LogP contribution in [0.15, 0.2) is 41.3 Å². The zero-order chi connectivity index (χ0) is 31.2. The Hall–Kier alpha value is -3.48. The van der Waals surface area contributed by atoms with Crippen molar-refractivity contribution in [2.45, 2.75) is 57.9 Å². The molecule has 3 rings (SSSR count). The number of nitrogens with zero attached hydrogens (tertiary/aromatic N) is 2. The van der Waals surface area contributed by atoms with Crippen molar-refractivity contribution in [3.63, 3.8) is 0 Å². The number of fused-ring (bicyclic) bond motifs is 1. The molecule has 3 aromatic rings. The van der Waals surface area contributed by atoms with E-state index in [1.165, 1.54) is 26.0 Å². The van der Waals surface area contributed by atoms with Crippen molar-refractivity contribution in [3.05, 3.63) is 52.7 Å². The van der Waals surface area contributed by atoms with Crippen LogP contribution >= 0.6 is 19.3 Å². The first kappa shape index (κ1) is 33.0. The van der Waals surface area contributed by atoms with Gasteiger partial charge < -0.3 is 30.6 Å². The van der Waals surface area contributed by atoms with Crippen LogP contribution in [-0.2, 0) is 23.4 Å². The van der Waals surface area contributed by atoms with Gasteiger partial charge in [0.15, 0.2) is 24.0 Å². The fourth-order valence-corrected chi connectivity index (χ4v) is 5.34. The first-order valence-corrected chi connectivity index (χ1v) is 14.4. The highest BCUT2D eigenvalue weighted by atomic mass is 35.5. The third kappa shape index (κ3) is 8.30. The van der Waals surface area contributed by atoms with E-state index in [1.54, 1.807) is 32.0 Å². The van der Waals surface area contributed by atoms with Crippen LogP contribution in [0.3, 0.4) is 0 Å². The predicted octanol–water partition coefficient (Wildman–Crippen LogP) is 2.33. The molecule has 0 aliphatic heterocycles. The molecule has 0 aliphatic carbocycles. The maximum Gasteiger partial charge on any atom is 0.459 e. The molecule has 7 N–H and O–H groups in total. The van der Waals surface area contributed by atoms with E-state index >= 15 is 0 Å². The number of rotatable bonds is 13. The number of aliphatic hydroxyl groups excluding tert-OH is 1. The van der Waals surface area contributed by atoms with Gasteiger partial charge in [0, 0.05) is 11.6 Å². The number of carbonyl (C=O) groups excluding carboxylic acids is 1. The first-order chi connectivity index (χ1) is 19.7. The molecule has 2 aromatic heterocycles. The molecule has 0 fully saturated rings. The Labute approximate surface area is 245 Å². The highest BCUT2D eigenvalue weighted by Gasteiger charge is 2.38. The van der Waals surface area contributed by atoms with Crippen molar-refractivity contribution < 1.29 is 37.4 Å². The number of H-pyrrole nitrogens is 1. The highest BCUT2D eigenvalue weighted by Crippen LogP contribution is 2.45. The average molecular weight is 629 g/mol. The normalized spacial score (nSPS) is 16.5. The summed E-state index contributed by atoms with van der Waals surface area (Å²) in [4.78, 5) is 30.8. The average Bonchev–Trinajstić information content (AvgIpc) is 3.21. The molecule has 3 unspecified atom stereocenters. The summed E-state index contributed by atoms with van der Waals surface area (Å²) in [5, 5.41) is 14.9. The fraction of sp³-hybridized carbons (Fsp3) is 0.400. The van der Waals surface area contributed by atoms with E-state index < -0.39 is 67.3 Å². The van der Waals surface area contributed by atoms with Crippen LogP contribution in [0.2, 0.25) is 0 Å². The summed E-state index contributed by atoms with van der Waals surface area (Å²) in [7, 11) is -4.38. The number of para-hydroxylation sites is 1. The maximum absolute atomic E-state index is 14.8. The number of ether oxygens (including phenoxy) is 2. The van der Waals surface area contributed by atoms with Crippen LogP contribution in [0.25, 0.3) is 11.0 Å². The number of esters is 1. The predicted molar refractivity (Wildman–Crippen MR) is 152 cm³/mol. The molecular formula is C25H31ClFN6O8P. The zero-order valence-corrected chi connectivity index (χ0v) is 24.7. The maximum atomic E-state index is 14.8. The number of halogens is 2. The van der Waals surface area contributed by atoms with E-state index in [0.29, 0.717) is 0 Å². The van der Waals surface area contributed by atoms with Gasteiger partial charge in [-0.1, -0.05) is 24.1 Å². The number of hydrogen-bond acceptors (Lipinski definition) is 11. The van der Waals surface area contributed by atoms with Crippen LogP contribution in [0.5, 0.6) is 5.75 Å². The summed E-state index contributed by atoms with van der Waals surface area (Å²) >= 11 is 5.57. The molecule has 0 amide bonds. The lowest BCUT2D eigenvalue weighted by molar-refractivity contribution is -0.186. The van der Waals surface area contributed by atoms with E-state index in [0.717, 1.165) is 10.8 Å². The molecule has 0 saturated heterocycles. The Kier molecular flexibility index (Phi) is 10.7. The fourth-order valence-electron chi connectivity index (χ4n) is 3.65. The number of aromatic amines is 1. The van der Waals surface area contributed by atoms with Crippen molar-refractivity contribution in [2.24, 2.45) is 5.73 Å². The first-order valence-electron chi connectivity index (χ1n) is 12.4. The van der Waals surface area contributed by atoms with Gasteiger partial charge in [0.1, 0.15) is 29.3 Å². The minimum Gasteiger partial charge on any atom is -0.462 e. The summed E-state index contributed by atoms with van der Waals surface area (Å²) in [5.74, 6) is 0.554. The van der Waals surface area contributed by atoms with E-state index in [9.17, 15) is 23.7 Å². The number of nitrogen functional groups attached to an aromatic ring is 1. The van der Waals surface area contributed by atoms with Gasteiger partial charge in [0.25, 0.3) is 5.56 Å². The topological polar surface area (TPSA) is 206 Å². The van der Waals surface area contributed by atoms with Crippen LogP contribution in [0, 0.1) is 17.1 Å². The second-order valence-electron chi connectivity index (χ2n) is 9.51. The Morgan fingerprint density at radius 3 is 2.62 bits per heavy atom. The molecule has 0 saturated carbocycles. The summed E-state index contributed by atoms with van der Waals surface area (Å²) in [6, 6.07) is 6.77. The molecule has 228 valence electrons. The molecule has 0 radical (unpaired) electrons. The minimum atomic E-state index is -4.38. The van der Waals surface area contributed by atoms with E-state index in [-0.39, 0.29) is 17.3 Å². The Morgan fingerprint density at radius 1 is 1.33 bits per heavy atom. The molecule has 2 heterocycles. The van der Waals surface area contributed by atoms with Gasteiger partial charge in [-0.25, -0.2) is 8.96 Å². The Bertz CT molecular complexity index is 1570. The number of nitrogens with one attached hydrogen (secondary N) is 2. The quantitative estimate of drug-likeness (QED) is 0.0800. The molecule has 0 aliphatic rings. The lowest BCUT2D eigenvalue weighted by Crippen LogP contribution is -2.47. The monoisotopic (exact) mass is 628 g/mol. The third-order valence-corrected chi connectivity index (χ3v) is 7.17. The van der Waals surface area contributed by atoms with Crippen LogP contribution in [0.4, 0.5) is 10.3 Å². The molecule has 5 atom stereocenters. The van der Waals surface area contributed by atoms with E-state index in [4.69, 9.17) is 41.6 Å². The number of aromatic nitrogens is 3. The lowest BCUT2D eigenvalue weighted by Gasteiger charge is -2.33. The zero-order valence-electron chi connectivity index (χ0n) is 23.0. The summed E-state index contributed by atoms with van der Waals surface area (Å²) in [5.41, 5.74) is 9.07. The third-order valence-electron chi connectivity index (χ3n) is 5.44. The van der Waals surface area contributed by atoms with Gasteiger partial charge in [0.05, 0.1) is 6.10 Å². The van der Waals surface area contributed by atoms with E-state index in [2.05, 4.69) is 26.4 Å². The Morgan fingerprint density at radius 2 is 2.00 bits per heavy atom. The van der Waals surface area contributed by atoms with Crippen LogP contribution in [0.1, 0.15) is 33.9 Å². The summed E-state index contributed by atoms with van der Waals surface area (Å²) in [6.07, 6.45) is -3.05. The minimum absolute atomic E-state index is 0.126. The van der Waals surface area contributed by atoms with Crippen molar-refractivity contribution in [1.82, 2.24) is 19.6 Å². The number of nitrogens with two attached hydrogens (primary N) is 2. The Balaban J connectivity index is 1.90. The molecule has 0 bridgehead atoms. The van der Waals surface area contributed by atoms with Gasteiger partial charge in [-0.15, -0.1) is 0 Å². The van der Waals surface area contributed by atoms with Gasteiger partial charge in [-0.3, -0.25) is 23.7 Å². The van der Waals surface area contributed by atoms with Gasteiger partial charge in [0.2, 0.25) is 5.95 Å². The number of benzene rings is 1. The summed E-state index contributed by atoms with van der Waals surface area (Å²) in [6.45, 7) is 5.21. The van der Waals surface area contributed by atoms with Gasteiger partial charge in [-0.05, 0) is 51.4 Å². The lowest BCUT2D eigenvalue weighted by atomic mass is 10.0. The molecule has 14 nitrogen and oxygen atoms in total. The molecule has 0 spiro atoms. The van der Waals surface area contributed by atoms with Crippen LogP contribution in [-0.4, -0.2) is 56.2 Å². The number of hydrogen-bond donors (Lipinski definition) is 5. The van der Waals surface area contributed by atoms with Crippen LogP contribution < -0.4 is 26.6 Å². The van der Waals surface area contributed by atoms with Crippen molar-refractivity contribution in [3.8, 4) is 17.0 Å². The van der Waals surface area contributed by atoms with Crippen molar-refractivity contribution in [2.75, 3.05) is 12.3 Å². The van der Waals surface area contributed by atoms with E-state index in [1.807, 2.05) is 0 Å². The van der Waals surface area contributed by atoms with Crippen molar-refractivity contribution in [1.29, 1.82) is 0 Å². The standard InChI is InChI=1S/C25H31ClFN6O8P/c1-14(2)39-22(36)15(3)32-42(37,41-16-8-6-5-7-9-16)38-13-18(34)40-23(25(4,29)10-11-26)33-12-17(27)19-20(33)30-24(28)31-21(19)35/h5-9,12,14-15,18,23,34H,13,29H2,1-4H3,(H,32,37)(H3,28,30,31,35)/t15?,18-,23-,25?,42?/m1/s1. The summed E-state index contributed by atoms with van der Waals surface area (Å²) < 4.78 is 51.2. The molecule has 17 heteroatoms. The number of anilines is 1. The molecule has 1 aromatic carbocycles. The number of carbonyl (C=O) groups is 1. The second-order valence-corrected chi connectivity index (χ2v) is 11.4.